The van der Waals surface area contributed by atoms with Crippen LogP contribution in [0.15, 0.2) is 80.0 Å². The average Bonchev–Trinajstić information content (AvgIpc) is 2.71. The van der Waals surface area contributed by atoms with Crippen molar-refractivity contribution < 1.29 is 13.2 Å². The van der Waals surface area contributed by atoms with Crippen LogP contribution in [0.5, 0.6) is 0 Å². The minimum absolute atomic E-state index is 0.0974. The first-order valence-electron chi connectivity index (χ1n) is 9.50. The van der Waals surface area contributed by atoms with Gasteiger partial charge >= 0.3 is 0 Å². The molecule has 1 heterocycles. The molecule has 2 aromatic carbocycles. The van der Waals surface area contributed by atoms with E-state index in [1.807, 2.05) is 26.8 Å². The van der Waals surface area contributed by atoms with Crippen molar-refractivity contribution in [1.82, 2.24) is 9.97 Å². The number of benzene rings is 2. The monoisotopic (exact) mass is 449 g/mol. The number of sulfonamides is 1. The molecule has 1 aliphatic carbocycles. The molecular weight excluding hydrogens is 430 g/mol. The van der Waals surface area contributed by atoms with Crippen molar-refractivity contribution in [3.8, 4) is 0 Å². The highest BCUT2D eigenvalue weighted by atomic mass is 32.2. The molecule has 0 N–H and O–H groups in total. The molecular formula is C23H19N3O3S2. The minimum atomic E-state index is -3.96. The molecule has 156 valence electrons. The van der Waals surface area contributed by atoms with Crippen molar-refractivity contribution >= 4 is 33.3 Å². The Bertz CT molecular complexity index is 1340. The van der Waals surface area contributed by atoms with E-state index in [1.165, 1.54) is 18.2 Å². The average molecular weight is 450 g/mol. The van der Waals surface area contributed by atoms with Gasteiger partial charge in [-0.2, -0.15) is 12.8 Å². The summed E-state index contributed by atoms with van der Waals surface area (Å²) in [7, 11) is -3.96. The highest BCUT2D eigenvalue weighted by Crippen LogP contribution is 2.33. The normalized spacial score (nSPS) is 15.0. The fourth-order valence-electron chi connectivity index (χ4n) is 3.19. The van der Waals surface area contributed by atoms with Crippen LogP contribution in [0.1, 0.15) is 32.9 Å². The number of hydrogen-bond donors (Lipinski definition) is 0. The summed E-state index contributed by atoms with van der Waals surface area (Å²) in [5, 5.41) is 0.428. The van der Waals surface area contributed by atoms with E-state index in [0.717, 1.165) is 28.7 Å². The highest BCUT2D eigenvalue weighted by Gasteiger charge is 2.27. The third-order valence-corrected chi connectivity index (χ3v) is 6.83. The lowest BCUT2D eigenvalue weighted by Gasteiger charge is -2.17. The summed E-state index contributed by atoms with van der Waals surface area (Å²) in [5.74, 6) is -0.213. The van der Waals surface area contributed by atoms with Gasteiger partial charge in [0.25, 0.3) is 10.0 Å². The molecule has 0 amide bonds. The van der Waals surface area contributed by atoms with Gasteiger partial charge in [0.05, 0.1) is 15.5 Å². The Morgan fingerprint density at radius 3 is 2.13 bits per heavy atom. The van der Waals surface area contributed by atoms with E-state index < -0.39 is 10.0 Å². The number of aryl methyl sites for hydroxylation is 3. The van der Waals surface area contributed by atoms with E-state index in [0.29, 0.717) is 21.2 Å². The Morgan fingerprint density at radius 1 is 0.871 bits per heavy atom. The second-order valence-electron chi connectivity index (χ2n) is 7.18. The number of Topliss-reactive ketones (excluding diaryl/α,β-unsaturated/α-hetero) is 1. The van der Waals surface area contributed by atoms with Crippen molar-refractivity contribution in [3.05, 3.63) is 93.7 Å². The standard InChI is InChI=1S/C23H19N3O3S2/c1-14-8-10-17(11-9-14)31(28,29)26-20-13-21(22(27)19-7-5-4-6-18(19)20)30-23-24-15(2)12-16(3)25-23/h4-13H,1-3H3. The molecule has 0 aliphatic heterocycles. The predicted molar refractivity (Wildman–Crippen MR) is 121 cm³/mol. The number of thioether (sulfide) groups is 1. The number of rotatable bonds is 4. The van der Waals surface area contributed by atoms with Crippen LogP contribution in [-0.4, -0.2) is 29.9 Å². The number of allylic oxidation sites excluding steroid dienone is 2. The van der Waals surface area contributed by atoms with Crippen LogP contribution in [-0.2, 0) is 10.0 Å². The summed E-state index contributed by atoms with van der Waals surface area (Å²) in [4.78, 5) is 22.2. The van der Waals surface area contributed by atoms with E-state index >= 15 is 0 Å². The van der Waals surface area contributed by atoms with Crippen molar-refractivity contribution in [2.24, 2.45) is 4.40 Å². The molecule has 0 atom stereocenters. The molecule has 1 aliphatic rings. The fraction of sp³-hybridized carbons (Fsp3) is 0.130. The van der Waals surface area contributed by atoms with Gasteiger partial charge in [0.1, 0.15) is 0 Å². The molecule has 0 unspecified atom stereocenters. The topological polar surface area (TPSA) is 89.3 Å². The number of ketones is 1. The van der Waals surface area contributed by atoms with E-state index in [1.54, 1.807) is 36.4 Å². The third-order valence-electron chi connectivity index (χ3n) is 4.64. The lowest BCUT2D eigenvalue weighted by molar-refractivity contribution is 0.104. The van der Waals surface area contributed by atoms with Gasteiger partial charge in [0.15, 0.2) is 5.16 Å². The van der Waals surface area contributed by atoms with Gasteiger partial charge in [-0.25, -0.2) is 9.97 Å². The van der Waals surface area contributed by atoms with Gasteiger partial charge in [-0.3, -0.25) is 4.79 Å². The van der Waals surface area contributed by atoms with Crippen LogP contribution in [0.25, 0.3) is 0 Å². The zero-order valence-corrected chi connectivity index (χ0v) is 18.8. The Morgan fingerprint density at radius 2 is 1.48 bits per heavy atom. The molecule has 31 heavy (non-hydrogen) atoms. The summed E-state index contributed by atoms with van der Waals surface area (Å²) < 4.78 is 29.9. The maximum atomic E-state index is 13.1. The summed E-state index contributed by atoms with van der Waals surface area (Å²) in [6.07, 6.45) is 1.50. The molecule has 4 rings (SSSR count). The van der Waals surface area contributed by atoms with Crippen LogP contribution >= 0.6 is 11.8 Å². The Labute approximate surface area is 185 Å². The summed E-state index contributed by atoms with van der Waals surface area (Å²) in [6, 6.07) is 15.2. The van der Waals surface area contributed by atoms with Crippen molar-refractivity contribution in [3.63, 3.8) is 0 Å². The smallest absolute Gasteiger partial charge is 0.282 e. The van der Waals surface area contributed by atoms with Gasteiger partial charge in [-0.1, -0.05) is 42.0 Å². The number of carbonyl (C=O) groups excluding carboxylic acids is 1. The van der Waals surface area contributed by atoms with Gasteiger partial charge in [-0.05, 0) is 56.8 Å². The van der Waals surface area contributed by atoms with E-state index in [-0.39, 0.29) is 16.4 Å². The van der Waals surface area contributed by atoms with Crippen molar-refractivity contribution in [1.29, 1.82) is 0 Å². The van der Waals surface area contributed by atoms with E-state index in [2.05, 4.69) is 14.4 Å². The molecule has 0 spiro atoms. The van der Waals surface area contributed by atoms with Gasteiger partial charge < -0.3 is 0 Å². The first-order chi connectivity index (χ1) is 14.7. The first-order valence-corrected chi connectivity index (χ1v) is 11.8. The number of hydrogen-bond acceptors (Lipinski definition) is 6. The molecule has 0 saturated carbocycles. The fourth-order valence-corrected chi connectivity index (χ4v) is 5.13. The third kappa shape index (κ3) is 4.50. The minimum Gasteiger partial charge on any atom is -0.288 e. The Kier molecular flexibility index (Phi) is 5.60. The zero-order valence-electron chi connectivity index (χ0n) is 17.2. The van der Waals surface area contributed by atoms with Crippen molar-refractivity contribution in [2.45, 2.75) is 30.8 Å². The number of fused-ring (bicyclic) bond motifs is 1. The van der Waals surface area contributed by atoms with Crippen molar-refractivity contribution in [2.75, 3.05) is 0 Å². The largest absolute Gasteiger partial charge is 0.288 e. The summed E-state index contributed by atoms with van der Waals surface area (Å²) in [6.45, 7) is 5.59. The van der Waals surface area contributed by atoms with Crippen LogP contribution in [0.2, 0.25) is 0 Å². The van der Waals surface area contributed by atoms with Crippen LogP contribution < -0.4 is 0 Å². The second-order valence-corrected chi connectivity index (χ2v) is 9.80. The van der Waals surface area contributed by atoms with E-state index in [9.17, 15) is 13.2 Å². The maximum Gasteiger partial charge on any atom is 0.282 e. The Hall–Kier alpha value is -3.10. The molecule has 1 aromatic heterocycles. The van der Waals surface area contributed by atoms with Gasteiger partial charge in [-0.15, -0.1) is 0 Å². The Balaban J connectivity index is 1.82. The SMILES string of the molecule is Cc1ccc(S(=O)(=O)N=C2C=C(Sc3nc(C)cc(C)n3)C(=O)c3ccccc32)cc1. The molecule has 6 nitrogen and oxygen atoms in total. The highest BCUT2D eigenvalue weighted by molar-refractivity contribution is 8.04. The number of nitrogens with zero attached hydrogens (tertiary/aromatic N) is 3. The van der Waals surface area contributed by atoms with Crippen LogP contribution in [0, 0.1) is 20.8 Å². The zero-order chi connectivity index (χ0) is 22.2. The predicted octanol–water partition coefficient (Wildman–Crippen LogP) is 4.45. The first kappa shape index (κ1) is 21.1. The molecule has 8 heteroatoms. The lowest BCUT2D eigenvalue weighted by Crippen LogP contribution is -2.17. The molecule has 0 radical (unpaired) electrons. The quantitative estimate of drug-likeness (QED) is 0.547. The van der Waals surface area contributed by atoms with Gasteiger partial charge in [0.2, 0.25) is 5.78 Å². The van der Waals surface area contributed by atoms with Crippen LogP contribution in [0.3, 0.4) is 0 Å². The maximum absolute atomic E-state index is 13.1. The number of carbonyl (C=O) groups is 1. The van der Waals surface area contributed by atoms with Crippen LogP contribution in [0.4, 0.5) is 0 Å². The summed E-state index contributed by atoms with van der Waals surface area (Å²) in [5.41, 5.74) is 3.61. The molecule has 0 bridgehead atoms. The molecule has 3 aromatic rings. The lowest BCUT2D eigenvalue weighted by atomic mass is 9.94. The summed E-state index contributed by atoms with van der Waals surface area (Å²) >= 11 is 1.11. The van der Waals surface area contributed by atoms with Gasteiger partial charge in [0, 0.05) is 22.5 Å². The second kappa shape index (κ2) is 8.20. The van der Waals surface area contributed by atoms with E-state index in [4.69, 9.17) is 0 Å². The number of aromatic nitrogens is 2. The molecule has 0 saturated heterocycles. The molecule has 0 fully saturated rings.